The first-order valence-electron chi connectivity index (χ1n) is 7.76. The Balaban J connectivity index is 0.000000265. The maximum Gasteiger partial charge on any atom is 0.373 e. The fourth-order valence-corrected chi connectivity index (χ4v) is 2.26. The van der Waals surface area contributed by atoms with Gasteiger partial charge in [0.2, 0.25) is 0 Å². The largest absolute Gasteiger partial charge is 0.373 e. The highest BCUT2D eigenvalue weighted by molar-refractivity contribution is 5.94. The molecular formula is C19H22N2O3. The molecule has 2 aromatic carbocycles. The van der Waals surface area contributed by atoms with Crippen LogP contribution in [-0.4, -0.2) is 42.6 Å². The summed E-state index contributed by atoms with van der Waals surface area (Å²) < 4.78 is 0. The molecule has 0 saturated carbocycles. The Morgan fingerprint density at radius 3 is 1.92 bits per heavy atom. The van der Waals surface area contributed by atoms with Gasteiger partial charge in [0.25, 0.3) is 5.91 Å². The van der Waals surface area contributed by atoms with Crippen molar-refractivity contribution in [3.8, 4) is 0 Å². The summed E-state index contributed by atoms with van der Waals surface area (Å²) >= 11 is 0. The number of amides is 1. The van der Waals surface area contributed by atoms with Crippen LogP contribution < -0.4 is 5.32 Å². The van der Waals surface area contributed by atoms with E-state index in [1.165, 1.54) is 0 Å². The molecule has 1 atom stereocenters. The van der Waals surface area contributed by atoms with Crippen molar-refractivity contribution in [2.45, 2.75) is 13.0 Å². The van der Waals surface area contributed by atoms with Gasteiger partial charge in [0.1, 0.15) is 0 Å². The van der Waals surface area contributed by atoms with E-state index in [4.69, 9.17) is 9.59 Å². The summed E-state index contributed by atoms with van der Waals surface area (Å²) in [5, 5.41) is 3.32. The van der Waals surface area contributed by atoms with Crippen molar-refractivity contribution in [1.29, 1.82) is 0 Å². The minimum Gasteiger partial charge on any atom is -0.336 e. The summed E-state index contributed by atoms with van der Waals surface area (Å²) in [4.78, 5) is 30.2. The molecule has 2 aromatic rings. The van der Waals surface area contributed by atoms with E-state index in [9.17, 15) is 4.79 Å². The molecular weight excluding hydrogens is 304 g/mol. The number of carbonyl (C=O) groups excluding carboxylic acids is 3. The van der Waals surface area contributed by atoms with Crippen LogP contribution in [-0.2, 0) is 9.59 Å². The molecule has 1 N–H and O–H groups in total. The summed E-state index contributed by atoms with van der Waals surface area (Å²) in [6.45, 7) is 4.59. The van der Waals surface area contributed by atoms with Crippen molar-refractivity contribution >= 4 is 12.1 Å². The van der Waals surface area contributed by atoms with Crippen LogP contribution in [0.4, 0.5) is 0 Å². The van der Waals surface area contributed by atoms with Crippen LogP contribution in [0.1, 0.15) is 17.3 Å². The molecule has 1 aliphatic rings. The van der Waals surface area contributed by atoms with Crippen molar-refractivity contribution in [1.82, 2.24) is 10.2 Å². The summed E-state index contributed by atoms with van der Waals surface area (Å²) in [7, 11) is 0. The van der Waals surface area contributed by atoms with Gasteiger partial charge in [0.15, 0.2) is 0 Å². The van der Waals surface area contributed by atoms with Gasteiger partial charge in [0.05, 0.1) is 0 Å². The quantitative estimate of drug-likeness (QED) is 0.873. The minimum absolute atomic E-state index is 0.143. The molecule has 0 aliphatic carbocycles. The van der Waals surface area contributed by atoms with Crippen LogP contribution in [0.2, 0.25) is 0 Å². The lowest BCUT2D eigenvalue weighted by Gasteiger charge is -2.31. The van der Waals surface area contributed by atoms with Gasteiger partial charge in [0, 0.05) is 31.2 Å². The molecule has 1 heterocycles. The van der Waals surface area contributed by atoms with E-state index in [0.717, 1.165) is 25.2 Å². The van der Waals surface area contributed by atoms with Crippen molar-refractivity contribution in [2.24, 2.45) is 0 Å². The number of hydrogen-bond acceptors (Lipinski definition) is 4. The summed E-state index contributed by atoms with van der Waals surface area (Å²) in [5.74, 6) is 0.143. The van der Waals surface area contributed by atoms with Crippen LogP contribution in [0, 0.1) is 0 Å². The number of rotatable bonds is 1. The zero-order valence-electron chi connectivity index (χ0n) is 13.7. The normalized spacial score (nSPS) is 15.7. The molecule has 0 unspecified atom stereocenters. The van der Waals surface area contributed by atoms with E-state index in [2.05, 4.69) is 12.2 Å². The lowest BCUT2D eigenvalue weighted by molar-refractivity contribution is -0.191. The van der Waals surface area contributed by atoms with E-state index >= 15 is 0 Å². The Bertz CT molecular complexity index is 584. The highest BCUT2D eigenvalue weighted by Gasteiger charge is 2.20. The van der Waals surface area contributed by atoms with Gasteiger partial charge in [-0.1, -0.05) is 54.6 Å². The second-order valence-electron chi connectivity index (χ2n) is 5.21. The smallest absolute Gasteiger partial charge is 0.336 e. The number of piperazine rings is 1. The third kappa shape index (κ3) is 7.49. The number of hydrogen-bond donors (Lipinski definition) is 1. The van der Waals surface area contributed by atoms with Gasteiger partial charge >= 0.3 is 6.15 Å². The zero-order valence-corrected chi connectivity index (χ0v) is 13.7. The highest BCUT2D eigenvalue weighted by atomic mass is 16.2. The Morgan fingerprint density at radius 2 is 1.46 bits per heavy atom. The lowest BCUT2D eigenvalue weighted by Crippen LogP contribution is -2.51. The zero-order chi connectivity index (χ0) is 17.6. The monoisotopic (exact) mass is 326 g/mol. The maximum atomic E-state index is 12.0. The Kier molecular flexibility index (Phi) is 9.46. The van der Waals surface area contributed by atoms with Gasteiger partial charge < -0.3 is 10.2 Å². The molecule has 1 fully saturated rings. The molecule has 24 heavy (non-hydrogen) atoms. The SMILES string of the molecule is C[C@@H]1CN(C(=O)c2ccccc2)CCN1.O=C=O.c1ccccc1. The number of nitrogens with zero attached hydrogens (tertiary/aromatic N) is 1. The first-order valence-corrected chi connectivity index (χ1v) is 7.76. The number of nitrogens with one attached hydrogen (secondary N) is 1. The van der Waals surface area contributed by atoms with Crippen molar-refractivity contribution in [3.05, 3.63) is 72.3 Å². The standard InChI is InChI=1S/C12H16N2O.C6H6.CO2/c1-10-9-14(8-7-13-10)12(15)11-5-3-2-4-6-11;1-2-4-6-5-3-1;2-1-3/h2-6,10,13H,7-9H2,1H3;1-6H;/t10-;;/m1../s1. The van der Waals surface area contributed by atoms with E-state index in [1.807, 2.05) is 71.6 Å². The molecule has 0 spiro atoms. The third-order valence-electron chi connectivity index (χ3n) is 3.34. The molecule has 1 amide bonds. The van der Waals surface area contributed by atoms with Crippen LogP contribution in [0.15, 0.2) is 66.7 Å². The van der Waals surface area contributed by atoms with E-state index in [0.29, 0.717) is 6.04 Å². The Hall–Kier alpha value is -2.75. The van der Waals surface area contributed by atoms with E-state index in [-0.39, 0.29) is 12.1 Å². The molecule has 0 aromatic heterocycles. The van der Waals surface area contributed by atoms with Crippen LogP contribution >= 0.6 is 0 Å². The molecule has 5 heteroatoms. The average Bonchev–Trinajstić information content (AvgIpc) is 2.64. The van der Waals surface area contributed by atoms with Crippen LogP contribution in [0.3, 0.4) is 0 Å². The van der Waals surface area contributed by atoms with E-state index in [1.54, 1.807) is 0 Å². The molecule has 1 saturated heterocycles. The Morgan fingerprint density at radius 1 is 1.00 bits per heavy atom. The van der Waals surface area contributed by atoms with Crippen LogP contribution in [0.25, 0.3) is 0 Å². The first-order chi connectivity index (χ1) is 11.7. The number of benzene rings is 2. The van der Waals surface area contributed by atoms with Crippen molar-refractivity contribution in [2.75, 3.05) is 19.6 Å². The van der Waals surface area contributed by atoms with Gasteiger partial charge in [-0.25, -0.2) is 0 Å². The highest BCUT2D eigenvalue weighted by Crippen LogP contribution is 2.07. The minimum atomic E-state index is 0.143. The summed E-state index contributed by atoms with van der Waals surface area (Å²) in [6.07, 6.45) is 0.250. The van der Waals surface area contributed by atoms with Gasteiger partial charge in [-0.15, -0.1) is 0 Å². The Labute approximate surface area is 142 Å². The second-order valence-corrected chi connectivity index (χ2v) is 5.21. The third-order valence-corrected chi connectivity index (χ3v) is 3.34. The summed E-state index contributed by atoms with van der Waals surface area (Å²) in [5.41, 5.74) is 0.784. The molecule has 0 radical (unpaired) electrons. The van der Waals surface area contributed by atoms with Gasteiger partial charge in [-0.3, -0.25) is 4.79 Å². The summed E-state index contributed by atoms with van der Waals surface area (Å²) in [6, 6.07) is 21.9. The fraction of sp³-hybridized carbons (Fsp3) is 0.263. The van der Waals surface area contributed by atoms with Crippen molar-refractivity contribution in [3.63, 3.8) is 0 Å². The lowest BCUT2D eigenvalue weighted by atomic mass is 10.1. The van der Waals surface area contributed by atoms with Crippen molar-refractivity contribution < 1.29 is 14.4 Å². The van der Waals surface area contributed by atoms with Gasteiger partial charge in [-0.2, -0.15) is 9.59 Å². The van der Waals surface area contributed by atoms with E-state index < -0.39 is 0 Å². The average molecular weight is 326 g/mol. The molecule has 3 rings (SSSR count). The maximum absolute atomic E-state index is 12.0. The molecule has 0 bridgehead atoms. The van der Waals surface area contributed by atoms with Gasteiger partial charge in [-0.05, 0) is 19.1 Å². The second kappa shape index (κ2) is 11.8. The topological polar surface area (TPSA) is 66.5 Å². The number of carbonyl (C=O) groups is 1. The van der Waals surface area contributed by atoms with Crippen LogP contribution in [0.5, 0.6) is 0 Å². The molecule has 1 aliphatic heterocycles. The predicted molar refractivity (Wildman–Crippen MR) is 91.3 cm³/mol. The fourth-order valence-electron chi connectivity index (χ4n) is 2.26. The predicted octanol–water partition coefficient (Wildman–Crippen LogP) is 2.22. The molecule has 5 nitrogen and oxygen atoms in total. The first kappa shape index (κ1) is 19.3. The molecule has 126 valence electrons.